The van der Waals surface area contributed by atoms with Crippen LogP contribution in [0.1, 0.15) is 51.2 Å². The van der Waals surface area contributed by atoms with E-state index in [1.165, 1.54) is 10.4 Å². The van der Waals surface area contributed by atoms with Crippen LogP contribution in [0.15, 0.2) is 59.5 Å². The van der Waals surface area contributed by atoms with Crippen LogP contribution in [0.2, 0.25) is 0 Å². The zero-order chi connectivity index (χ0) is 27.4. The van der Waals surface area contributed by atoms with E-state index in [1.54, 1.807) is 18.7 Å². The van der Waals surface area contributed by atoms with E-state index in [0.717, 1.165) is 17.7 Å². The van der Waals surface area contributed by atoms with Crippen LogP contribution in [0.5, 0.6) is 0 Å². The number of carbonyl (C=O) groups excluding carboxylic acids is 1. The lowest BCUT2D eigenvalue weighted by molar-refractivity contribution is -0.138. The molecule has 0 aromatic heterocycles. The van der Waals surface area contributed by atoms with Crippen LogP contribution in [0.3, 0.4) is 0 Å². The highest BCUT2D eigenvalue weighted by Gasteiger charge is 2.39. The minimum Gasteiger partial charge on any atom is -0.341 e. The summed E-state index contributed by atoms with van der Waals surface area (Å²) in [6.45, 7) is 6.82. The Hall–Kier alpha value is -2.43. The fourth-order valence-corrected chi connectivity index (χ4v) is 6.99. The van der Waals surface area contributed by atoms with Crippen LogP contribution in [0.25, 0.3) is 0 Å². The molecule has 0 bridgehead atoms. The van der Waals surface area contributed by atoms with E-state index in [2.05, 4.69) is 0 Å². The fraction of sp³-hybridized carbons (Fsp3) is 0.519. The smallest absolute Gasteiger partial charge is 0.341 e. The molecule has 3 rings (SSSR count). The summed E-state index contributed by atoms with van der Waals surface area (Å²) in [4.78, 5) is 16.8. The number of halogens is 3. The SMILES string of the molecule is CCC(C(=O)N1CCC(N(C(C)C)S(=O)(=O)c2cccc(C(F)(F)F)c2)CC1)N(C)Cc1ccccc1. The highest BCUT2D eigenvalue weighted by Crippen LogP contribution is 2.33. The van der Waals surface area contributed by atoms with Crippen LogP contribution in [0.4, 0.5) is 13.2 Å². The van der Waals surface area contributed by atoms with E-state index in [4.69, 9.17) is 0 Å². The van der Waals surface area contributed by atoms with Crippen molar-refractivity contribution < 1.29 is 26.4 Å². The van der Waals surface area contributed by atoms with Crippen molar-refractivity contribution in [3.8, 4) is 0 Å². The first-order chi connectivity index (χ1) is 17.4. The van der Waals surface area contributed by atoms with Crippen molar-refractivity contribution in [2.75, 3.05) is 20.1 Å². The first-order valence-electron chi connectivity index (χ1n) is 12.6. The molecule has 1 fully saturated rings. The van der Waals surface area contributed by atoms with Crippen LogP contribution in [-0.4, -0.2) is 66.7 Å². The second kappa shape index (κ2) is 12.0. The predicted octanol–water partition coefficient (Wildman–Crippen LogP) is 5.01. The van der Waals surface area contributed by atoms with E-state index < -0.39 is 33.8 Å². The van der Waals surface area contributed by atoms with Gasteiger partial charge in [0.25, 0.3) is 0 Å². The molecule has 0 aliphatic carbocycles. The maximum atomic E-state index is 13.5. The van der Waals surface area contributed by atoms with Crippen molar-refractivity contribution in [2.45, 2.75) is 75.8 Å². The summed E-state index contributed by atoms with van der Waals surface area (Å²) in [5.74, 6) is 0.0104. The van der Waals surface area contributed by atoms with E-state index in [1.807, 2.05) is 49.2 Å². The van der Waals surface area contributed by atoms with Crippen LogP contribution < -0.4 is 0 Å². The van der Waals surface area contributed by atoms with Crippen LogP contribution >= 0.6 is 0 Å². The number of alkyl halides is 3. The average Bonchev–Trinajstić information content (AvgIpc) is 2.84. The van der Waals surface area contributed by atoms with Crippen molar-refractivity contribution in [3.63, 3.8) is 0 Å². The number of hydrogen-bond donors (Lipinski definition) is 0. The highest BCUT2D eigenvalue weighted by molar-refractivity contribution is 7.89. The first-order valence-corrected chi connectivity index (χ1v) is 14.0. The molecule has 1 heterocycles. The van der Waals surface area contributed by atoms with Gasteiger partial charge in [0.05, 0.1) is 16.5 Å². The number of likely N-dealkylation sites (N-methyl/N-ethyl adjacent to an activating group) is 1. The molecule has 1 amide bonds. The third kappa shape index (κ3) is 6.91. The average molecular weight is 540 g/mol. The Morgan fingerprint density at radius 1 is 1.05 bits per heavy atom. The van der Waals surface area contributed by atoms with E-state index in [-0.39, 0.29) is 16.8 Å². The van der Waals surface area contributed by atoms with Gasteiger partial charge < -0.3 is 4.90 Å². The third-order valence-electron chi connectivity index (χ3n) is 6.86. The summed E-state index contributed by atoms with van der Waals surface area (Å²) >= 11 is 0. The molecule has 2 aromatic rings. The molecule has 0 saturated carbocycles. The minimum atomic E-state index is -4.64. The summed E-state index contributed by atoms with van der Waals surface area (Å²) < 4.78 is 67.9. The molecule has 0 N–H and O–H groups in total. The molecule has 1 unspecified atom stereocenters. The van der Waals surface area contributed by atoms with Crippen molar-refractivity contribution in [1.82, 2.24) is 14.1 Å². The fourth-order valence-electron chi connectivity index (χ4n) is 5.06. The molecule has 1 atom stereocenters. The first kappa shape index (κ1) is 29.1. The summed E-state index contributed by atoms with van der Waals surface area (Å²) in [5, 5.41) is 0. The number of carbonyl (C=O) groups is 1. The summed E-state index contributed by atoms with van der Waals surface area (Å²) in [7, 11) is -2.24. The van der Waals surface area contributed by atoms with Crippen molar-refractivity contribution in [2.24, 2.45) is 0 Å². The predicted molar refractivity (Wildman–Crippen MR) is 137 cm³/mol. The van der Waals surface area contributed by atoms with Crippen molar-refractivity contribution in [1.29, 1.82) is 0 Å². The van der Waals surface area contributed by atoms with E-state index in [9.17, 15) is 26.4 Å². The molecule has 0 radical (unpaired) electrons. The van der Waals surface area contributed by atoms with Gasteiger partial charge >= 0.3 is 6.18 Å². The molecule has 37 heavy (non-hydrogen) atoms. The maximum absolute atomic E-state index is 13.5. The highest BCUT2D eigenvalue weighted by atomic mass is 32.2. The number of rotatable bonds is 9. The molecule has 6 nitrogen and oxygen atoms in total. The number of hydrogen-bond acceptors (Lipinski definition) is 4. The van der Waals surface area contributed by atoms with Gasteiger partial charge in [0.2, 0.25) is 15.9 Å². The number of nitrogens with zero attached hydrogens (tertiary/aromatic N) is 3. The normalized spacial score (nSPS) is 16.5. The molecule has 0 spiro atoms. The van der Waals surface area contributed by atoms with E-state index >= 15 is 0 Å². The lowest BCUT2D eigenvalue weighted by Gasteiger charge is -2.41. The second-order valence-electron chi connectivity index (χ2n) is 9.84. The third-order valence-corrected chi connectivity index (χ3v) is 8.98. The van der Waals surface area contributed by atoms with Crippen LogP contribution in [-0.2, 0) is 27.5 Å². The Morgan fingerprint density at radius 2 is 1.68 bits per heavy atom. The van der Waals surface area contributed by atoms with Crippen LogP contribution in [0, 0.1) is 0 Å². The van der Waals surface area contributed by atoms with Gasteiger partial charge in [-0.2, -0.15) is 17.5 Å². The monoisotopic (exact) mass is 539 g/mol. The van der Waals surface area contributed by atoms with E-state index in [0.29, 0.717) is 45.0 Å². The summed E-state index contributed by atoms with van der Waals surface area (Å²) in [6.07, 6.45) is -3.16. The zero-order valence-electron chi connectivity index (χ0n) is 21.8. The van der Waals surface area contributed by atoms with Gasteiger partial charge in [-0.1, -0.05) is 43.3 Å². The van der Waals surface area contributed by atoms with Gasteiger partial charge in [0, 0.05) is 31.7 Å². The second-order valence-corrected chi connectivity index (χ2v) is 11.7. The maximum Gasteiger partial charge on any atom is 0.416 e. The Morgan fingerprint density at radius 3 is 2.22 bits per heavy atom. The van der Waals surface area contributed by atoms with Crippen molar-refractivity contribution in [3.05, 3.63) is 65.7 Å². The van der Waals surface area contributed by atoms with Gasteiger partial charge in [-0.05, 0) is 63.9 Å². The molecule has 10 heteroatoms. The number of amides is 1. The lowest BCUT2D eigenvalue weighted by atomic mass is 10.0. The molecule has 2 aromatic carbocycles. The largest absolute Gasteiger partial charge is 0.416 e. The Balaban J connectivity index is 1.71. The Kier molecular flexibility index (Phi) is 9.42. The molecule has 1 aliphatic heterocycles. The number of benzene rings is 2. The standard InChI is InChI=1S/C27H36F3N3O3S/c1-5-25(31(4)19-21-10-7-6-8-11-21)26(34)32-16-14-23(15-17-32)33(20(2)3)37(35,36)24-13-9-12-22(18-24)27(28,29)30/h6-13,18,20,23,25H,5,14-17,19H2,1-4H3. The lowest BCUT2D eigenvalue weighted by Crippen LogP contribution is -2.54. The minimum absolute atomic E-state index is 0.0104. The Bertz CT molecular complexity index is 1150. The topological polar surface area (TPSA) is 60.9 Å². The van der Waals surface area contributed by atoms with Gasteiger partial charge in [-0.15, -0.1) is 0 Å². The molecular weight excluding hydrogens is 503 g/mol. The van der Waals surface area contributed by atoms with Gasteiger partial charge in [-0.25, -0.2) is 8.42 Å². The zero-order valence-corrected chi connectivity index (χ0v) is 22.6. The quantitative estimate of drug-likeness (QED) is 0.450. The van der Waals surface area contributed by atoms with Gasteiger partial charge in [-0.3, -0.25) is 9.69 Å². The summed E-state index contributed by atoms with van der Waals surface area (Å²) in [6, 6.07) is 12.6. The molecule has 204 valence electrons. The number of piperidine rings is 1. The number of likely N-dealkylation sites (tertiary alicyclic amines) is 1. The summed E-state index contributed by atoms with van der Waals surface area (Å²) in [5.41, 5.74) is 0.116. The van der Waals surface area contributed by atoms with Crippen molar-refractivity contribution >= 4 is 15.9 Å². The van der Waals surface area contributed by atoms with Gasteiger partial charge in [0.1, 0.15) is 0 Å². The molecule has 1 aliphatic rings. The Labute approximate surface area is 218 Å². The number of sulfonamides is 1. The van der Waals surface area contributed by atoms with Gasteiger partial charge in [0.15, 0.2) is 0 Å². The molecular formula is C27H36F3N3O3S. The molecule has 1 saturated heterocycles.